The van der Waals surface area contributed by atoms with E-state index in [1.54, 1.807) is 18.2 Å². The van der Waals surface area contributed by atoms with Crippen LogP contribution in [-0.2, 0) is 0 Å². The number of carboxylic acids is 1. The third kappa shape index (κ3) is 2.64. The van der Waals surface area contributed by atoms with Crippen molar-refractivity contribution in [1.82, 2.24) is 9.97 Å². The van der Waals surface area contributed by atoms with E-state index in [0.717, 1.165) is 0 Å². The van der Waals surface area contributed by atoms with Crippen LogP contribution >= 0.6 is 11.8 Å². The lowest BCUT2D eigenvalue weighted by Crippen LogP contribution is -1.99. The zero-order valence-corrected chi connectivity index (χ0v) is 9.89. The Morgan fingerprint density at radius 3 is 2.89 bits per heavy atom. The molecule has 0 radical (unpaired) electrons. The van der Waals surface area contributed by atoms with Crippen molar-refractivity contribution < 1.29 is 9.90 Å². The van der Waals surface area contributed by atoms with Gasteiger partial charge in [-0.05, 0) is 24.3 Å². The van der Waals surface area contributed by atoms with Crippen LogP contribution in [0.3, 0.4) is 0 Å². The predicted octanol–water partition coefficient (Wildman–Crippen LogP) is 2.20. The van der Waals surface area contributed by atoms with Gasteiger partial charge in [0.25, 0.3) is 0 Å². The van der Waals surface area contributed by atoms with Crippen molar-refractivity contribution in [2.45, 2.75) is 9.79 Å². The molecule has 2 aromatic rings. The summed E-state index contributed by atoms with van der Waals surface area (Å²) in [7, 11) is 0. The van der Waals surface area contributed by atoms with Crippen molar-refractivity contribution in [3.05, 3.63) is 48.0 Å². The Labute approximate surface area is 107 Å². The first-order chi connectivity index (χ1) is 8.70. The molecule has 0 saturated heterocycles. The van der Waals surface area contributed by atoms with Gasteiger partial charge in [-0.2, -0.15) is 5.26 Å². The molecule has 0 amide bonds. The fraction of sp³-hybridized carbons (Fsp3) is 0. The van der Waals surface area contributed by atoms with Crippen molar-refractivity contribution in [3.63, 3.8) is 0 Å². The van der Waals surface area contributed by atoms with E-state index >= 15 is 0 Å². The molecule has 0 aliphatic heterocycles. The van der Waals surface area contributed by atoms with Crippen LogP contribution in [0.2, 0.25) is 0 Å². The van der Waals surface area contributed by atoms with Crippen LogP contribution in [0.5, 0.6) is 0 Å². The molecule has 0 spiro atoms. The third-order valence-corrected chi connectivity index (χ3v) is 3.09. The van der Waals surface area contributed by atoms with E-state index in [2.05, 4.69) is 9.97 Å². The second-order valence-corrected chi connectivity index (χ2v) is 4.36. The number of pyridine rings is 2. The standard InChI is InChI=1S/C12H7N3O2S/c13-7-10-11(2-1-4-14-10)18-8-3-5-15-9(6-8)12(16)17/h1-6H,(H,16,17). The highest BCUT2D eigenvalue weighted by Gasteiger charge is 2.08. The molecule has 0 bridgehead atoms. The summed E-state index contributed by atoms with van der Waals surface area (Å²) in [5.41, 5.74) is 0.290. The Kier molecular flexibility index (Phi) is 3.55. The Morgan fingerprint density at radius 1 is 1.33 bits per heavy atom. The number of aromatic carboxylic acids is 1. The molecule has 2 rings (SSSR count). The first kappa shape index (κ1) is 12.1. The minimum absolute atomic E-state index is 0.0256. The molecular weight excluding hydrogens is 250 g/mol. The van der Waals surface area contributed by atoms with Gasteiger partial charge in [0.2, 0.25) is 0 Å². The maximum atomic E-state index is 10.8. The third-order valence-electron chi connectivity index (χ3n) is 2.05. The molecule has 0 aliphatic rings. The van der Waals surface area contributed by atoms with Crippen molar-refractivity contribution in [3.8, 4) is 6.07 Å². The van der Waals surface area contributed by atoms with E-state index in [9.17, 15) is 4.79 Å². The van der Waals surface area contributed by atoms with E-state index in [1.807, 2.05) is 6.07 Å². The fourth-order valence-corrected chi connectivity index (χ4v) is 2.17. The minimum atomic E-state index is -1.08. The normalized spacial score (nSPS) is 9.72. The highest BCUT2D eigenvalue weighted by molar-refractivity contribution is 7.99. The van der Waals surface area contributed by atoms with Gasteiger partial charge in [0, 0.05) is 22.2 Å². The van der Waals surface area contributed by atoms with Gasteiger partial charge in [-0.3, -0.25) is 0 Å². The summed E-state index contributed by atoms with van der Waals surface area (Å²) in [6.45, 7) is 0. The molecule has 0 aliphatic carbocycles. The lowest BCUT2D eigenvalue weighted by atomic mass is 10.3. The van der Waals surface area contributed by atoms with E-state index in [0.29, 0.717) is 15.5 Å². The number of hydrogen-bond acceptors (Lipinski definition) is 5. The highest BCUT2D eigenvalue weighted by atomic mass is 32.2. The lowest BCUT2D eigenvalue weighted by Gasteiger charge is -2.03. The maximum absolute atomic E-state index is 10.8. The van der Waals surface area contributed by atoms with Gasteiger partial charge in [-0.1, -0.05) is 11.8 Å². The molecule has 1 N–H and O–H groups in total. The maximum Gasteiger partial charge on any atom is 0.354 e. The number of nitrogens with zero attached hydrogens (tertiary/aromatic N) is 3. The summed E-state index contributed by atoms with van der Waals surface area (Å²) in [5.74, 6) is -1.08. The summed E-state index contributed by atoms with van der Waals surface area (Å²) in [6, 6.07) is 8.62. The lowest BCUT2D eigenvalue weighted by molar-refractivity contribution is 0.0690. The monoisotopic (exact) mass is 257 g/mol. The van der Waals surface area contributed by atoms with Crippen molar-refractivity contribution in [1.29, 1.82) is 5.26 Å². The summed E-state index contributed by atoms with van der Waals surface area (Å²) in [6.07, 6.45) is 2.96. The van der Waals surface area contributed by atoms with Gasteiger partial charge in [0.15, 0.2) is 5.69 Å². The van der Waals surface area contributed by atoms with Gasteiger partial charge in [0.05, 0.1) is 0 Å². The SMILES string of the molecule is N#Cc1ncccc1Sc1ccnc(C(=O)O)c1. The molecule has 88 valence electrons. The number of rotatable bonds is 3. The van der Waals surface area contributed by atoms with Crippen molar-refractivity contribution in [2.24, 2.45) is 0 Å². The molecule has 0 fully saturated rings. The average Bonchev–Trinajstić information content (AvgIpc) is 2.39. The number of nitriles is 1. The fourth-order valence-electron chi connectivity index (χ4n) is 1.28. The summed E-state index contributed by atoms with van der Waals surface area (Å²) < 4.78 is 0. The molecular formula is C12H7N3O2S. The van der Waals surface area contributed by atoms with Gasteiger partial charge in [-0.25, -0.2) is 14.8 Å². The zero-order chi connectivity index (χ0) is 13.0. The van der Waals surface area contributed by atoms with Crippen molar-refractivity contribution in [2.75, 3.05) is 0 Å². The quantitative estimate of drug-likeness (QED) is 0.906. The molecule has 5 nitrogen and oxygen atoms in total. The second kappa shape index (κ2) is 5.29. The van der Waals surface area contributed by atoms with Crippen LogP contribution < -0.4 is 0 Å². The highest BCUT2D eigenvalue weighted by Crippen LogP contribution is 2.29. The Morgan fingerprint density at radius 2 is 2.17 bits per heavy atom. The van der Waals surface area contributed by atoms with Gasteiger partial charge >= 0.3 is 5.97 Å². The average molecular weight is 257 g/mol. The smallest absolute Gasteiger partial charge is 0.354 e. The number of carboxylic acid groups (broad SMARTS) is 1. The van der Waals surface area contributed by atoms with Crippen LogP contribution in [0.25, 0.3) is 0 Å². The Hall–Kier alpha value is -2.39. The van der Waals surface area contributed by atoms with E-state index < -0.39 is 5.97 Å². The van der Waals surface area contributed by atoms with Crippen molar-refractivity contribution >= 4 is 17.7 Å². The predicted molar refractivity (Wildman–Crippen MR) is 64.3 cm³/mol. The summed E-state index contributed by atoms with van der Waals surface area (Å²) >= 11 is 1.28. The summed E-state index contributed by atoms with van der Waals surface area (Å²) in [4.78, 5) is 19.8. The molecule has 0 aromatic carbocycles. The van der Waals surface area contributed by atoms with Gasteiger partial charge in [0.1, 0.15) is 11.8 Å². The number of aromatic nitrogens is 2. The molecule has 0 saturated carbocycles. The zero-order valence-electron chi connectivity index (χ0n) is 9.07. The van der Waals surface area contributed by atoms with E-state index in [1.165, 1.54) is 30.2 Å². The topological polar surface area (TPSA) is 86.9 Å². The van der Waals surface area contributed by atoms with E-state index in [-0.39, 0.29) is 5.69 Å². The first-order valence-corrected chi connectivity index (χ1v) is 5.74. The first-order valence-electron chi connectivity index (χ1n) is 4.93. The Balaban J connectivity index is 2.32. The molecule has 2 aromatic heterocycles. The van der Waals surface area contributed by atoms with Crippen LogP contribution in [-0.4, -0.2) is 21.0 Å². The molecule has 6 heteroatoms. The Bertz CT molecular complexity index is 637. The van der Waals surface area contributed by atoms with Gasteiger partial charge in [-0.15, -0.1) is 0 Å². The number of hydrogen-bond donors (Lipinski definition) is 1. The van der Waals surface area contributed by atoms with Crippen LogP contribution in [0, 0.1) is 11.3 Å². The van der Waals surface area contributed by atoms with E-state index in [4.69, 9.17) is 10.4 Å². The number of carbonyl (C=O) groups is 1. The van der Waals surface area contributed by atoms with Gasteiger partial charge < -0.3 is 5.11 Å². The second-order valence-electron chi connectivity index (χ2n) is 3.25. The summed E-state index contributed by atoms with van der Waals surface area (Å²) in [5, 5.41) is 17.7. The van der Waals surface area contributed by atoms with Crippen LogP contribution in [0.1, 0.15) is 16.2 Å². The molecule has 0 atom stereocenters. The minimum Gasteiger partial charge on any atom is -0.477 e. The molecule has 18 heavy (non-hydrogen) atoms. The molecule has 0 unspecified atom stereocenters. The van der Waals surface area contributed by atoms with Crippen LogP contribution in [0.15, 0.2) is 46.5 Å². The molecule has 2 heterocycles. The largest absolute Gasteiger partial charge is 0.477 e. The van der Waals surface area contributed by atoms with Crippen LogP contribution in [0.4, 0.5) is 0 Å².